The number of nitrogens with one attached hydrogen (secondary N) is 1. The van der Waals surface area contributed by atoms with Gasteiger partial charge in [-0.05, 0) is 51.0 Å². The van der Waals surface area contributed by atoms with E-state index in [4.69, 9.17) is 9.15 Å². The van der Waals surface area contributed by atoms with Gasteiger partial charge in [0.25, 0.3) is 5.91 Å². The van der Waals surface area contributed by atoms with Crippen LogP contribution in [0.3, 0.4) is 0 Å². The second-order valence-corrected chi connectivity index (χ2v) is 9.44. The number of carbonyl (C=O) groups is 3. The summed E-state index contributed by atoms with van der Waals surface area (Å²) in [6, 6.07) is 8.42. The summed E-state index contributed by atoms with van der Waals surface area (Å²) < 4.78 is 10.8. The Hall–Kier alpha value is -3.59. The third kappa shape index (κ3) is 5.02. The van der Waals surface area contributed by atoms with Gasteiger partial charge in [0, 0.05) is 45.0 Å². The molecule has 192 valence electrons. The highest BCUT2D eigenvalue weighted by molar-refractivity contribution is 5.95. The lowest BCUT2D eigenvalue weighted by Gasteiger charge is -2.42. The maximum absolute atomic E-state index is 13.3. The van der Waals surface area contributed by atoms with E-state index in [0.717, 1.165) is 16.7 Å². The summed E-state index contributed by atoms with van der Waals surface area (Å²) in [6.07, 6.45) is 1.49. The van der Waals surface area contributed by atoms with Gasteiger partial charge in [-0.15, -0.1) is 0 Å². The van der Waals surface area contributed by atoms with Crippen molar-refractivity contribution >= 4 is 17.9 Å². The number of carbonyl (C=O) groups excluding carboxylic acids is 3. The molecule has 3 heterocycles. The largest absolute Gasteiger partial charge is 0.463 e. The van der Waals surface area contributed by atoms with Crippen molar-refractivity contribution in [1.29, 1.82) is 0 Å². The quantitative estimate of drug-likeness (QED) is 0.620. The minimum Gasteiger partial charge on any atom is -0.463 e. The van der Waals surface area contributed by atoms with Crippen LogP contribution in [0.25, 0.3) is 0 Å². The van der Waals surface area contributed by atoms with Crippen molar-refractivity contribution in [3.63, 3.8) is 0 Å². The molecule has 2 aliphatic rings. The highest BCUT2D eigenvalue weighted by Crippen LogP contribution is 2.33. The van der Waals surface area contributed by atoms with Gasteiger partial charge in [-0.25, -0.2) is 9.59 Å². The summed E-state index contributed by atoms with van der Waals surface area (Å²) in [5, 5.41) is 3.00. The van der Waals surface area contributed by atoms with Crippen LogP contribution in [0.1, 0.15) is 47.1 Å². The first kappa shape index (κ1) is 25.5. The fourth-order valence-electron chi connectivity index (χ4n) is 4.93. The summed E-state index contributed by atoms with van der Waals surface area (Å²) in [7, 11) is 1.67. The molecule has 2 aromatic rings. The molecule has 1 aromatic carbocycles. The summed E-state index contributed by atoms with van der Waals surface area (Å²) in [5.74, 6) is -0.254. The van der Waals surface area contributed by atoms with Crippen molar-refractivity contribution in [2.75, 3.05) is 39.8 Å². The van der Waals surface area contributed by atoms with Gasteiger partial charge in [0.2, 0.25) is 0 Å². The monoisotopic (exact) mass is 494 g/mol. The number of esters is 1. The molecule has 1 fully saturated rings. The van der Waals surface area contributed by atoms with Crippen LogP contribution >= 0.6 is 0 Å². The topological polar surface area (TPSA) is 95.3 Å². The molecule has 2 atom stereocenters. The van der Waals surface area contributed by atoms with Gasteiger partial charge in [0.15, 0.2) is 5.76 Å². The van der Waals surface area contributed by atoms with E-state index in [0.29, 0.717) is 43.2 Å². The molecule has 3 amide bonds. The van der Waals surface area contributed by atoms with Crippen LogP contribution in [-0.2, 0) is 9.53 Å². The van der Waals surface area contributed by atoms with Gasteiger partial charge in [-0.2, -0.15) is 0 Å². The van der Waals surface area contributed by atoms with Crippen molar-refractivity contribution in [2.45, 2.75) is 39.8 Å². The SMILES string of the molecule is CCOC(=O)C1=C(CN2CCN(C(=O)c3ccco3)[C@@H](C)C2)N(C)C(=O)N[C@@H]1c1cc(C)ccc1C. The Kier molecular flexibility index (Phi) is 7.49. The second-order valence-electron chi connectivity index (χ2n) is 9.44. The fourth-order valence-corrected chi connectivity index (χ4v) is 4.93. The Labute approximate surface area is 211 Å². The average Bonchev–Trinajstić information content (AvgIpc) is 3.38. The summed E-state index contributed by atoms with van der Waals surface area (Å²) in [5.41, 5.74) is 3.95. The summed E-state index contributed by atoms with van der Waals surface area (Å²) in [6.45, 7) is 10.0. The van der Waals surface area contributed by atoms with Gasteiger partial charge in [-0.3, -0.25) is 14.6 Å². The number of furan rings is 1. The lowest BCUT2D eigenvalue weighted by molar-refractivity contribution is -0.139. The lowest BCUT2D eigenvalue weighted by atomic mass is 9.90. The zero-order valence-corrected chi connectivity index (χ0v) is 21.5. The van der Waals surface area contributed by atoms with Crippen LogP contribution in [0.5, 0.6) is 0 Å². The van der Waals surface area contributed by atoms with E-state index in [1.54, 1.807) is 31.0 Å². The Bertz CT molecular complexity index is 1170. The molecule has 0 aliphatic carbocycles. The first-order valence-electron chi connectivity index (χ1n) is 12.3. The number of rotatable bonds is 6. The van der Waals surface area contributed by atoms with E-state index < -0.39 is 12.0 Å². The molecule has 1 N–H and O–H groups in total. The predicted molar refractivity (Wildman–Crippen MR) is 134 cm³/mol. The number of urea groups is 1. The maximum Gasteiger partial charge on any atom is 0.338 e. The molecule has 36 heavy (non-hydrogen) atoms. The normalized spacial score (nSPS) is 21.0. The van der Waals surface area contributed by atoms with E-state index in [-0.39, 0.29) is 24.6 Å². The third-order valence-electron chi connectivity index (χ3n) is 6.90. The average molecular weight is 495 g/mol. The van der Waals surface area contributed by atoms with E-state index in [1.807, 2.05) is 39.0 Å². The van der Waals surface area contributed by atoms with E-state index in [1.165, 1.54) is 11.2 Å². The molecule has 9 nitrogen and oxygen atoms in total. The number of likely N-dealkylation sites (N-methyl/N-ethyl adjacent to an activating group) is 1. The van der Waals surface area contributed by atoms with Crippen LogP contribution in [0.4, 0.5) is 4.79 Å². The molecule has 0 bridgehead atoms. The van der Waals surface area contributed by atoms with Crippen LogP contribution in [0.2, 0.25) is 0 Å². The zero-order chi connectivity index (χ0) is 26.0. The predicted octanol–water partition coefficient (Wildman–Crippen LogP) is 3.26. The lowest BCUT2D eigenvalue weighted by Crippen LogP contribution is -2.56. The first-order valence-corrected chi connectivity index (χ1v) is 12.3. The number of ether oxygens (including phenoxy) is 1. The number of hydrogen-bond acceptors (Lipinski definition) is 6. The number of amides is 3. The Morgan fingerprint density at radius 2 is 1.97 bits per heavy atom. The molecule has 9 heteroatoms. The molecule has 0 unspecified atom stereocenters. The standard InChI is InChI=1S/C27H34N4O5/c1-6-35-26(33)23-21(29(5)27(34)28-24(23)20-14-17(2)9-10-18(20)3)16-30-11-12-31(19(4)15-30)25(32)22-8-7-13-36-22/h7-10,13-14,19,24H,6,11-12,15-16H2,1-5H3,(H,28,34)/t19-,24+/m0/s1. The smallest absolute Gasteiger partial charge is 0.338 e. The summed E-state index contributed by atoms with van der Waals surface area (Å²) >= 11 is 0. The van der Waals surface area contributed by atoms with Crippen LogP contribution in [-0.4, -0.2) is 78.5 Å². The number of nitrogens with zero attached hydrogens (tertiary/aromatic N) is 3. The van der Waals surface area contributed by atoms with E-state index in [2.05, 4.69) is 10.2 Å². The number of aryl methyl sites for hydroxylation is 2. The first-order chi connectivity index (χ1) is 17.2. The molecule has 2 aliphatic heterocycles. The van der Waals surface area contributed by atoms with Crippen LogP contribution in [0, 0.1) is 13.8 Å². The molecular formula is C27H34N4O5. The highest BCUT2D eigenvalue weighted by atomic mass is 16.5. The number of hydrogen-bond donors (Lipinski definition) is 1. The van der Waals surface area contributed by atoms with Crippen molar-refractivity contribution < 1.29 is 23.5 Å². The molecule has 0 saturated carbocycles. The molecule has 4 rings (SSSR count). The molecule has 0 radical (unpaired) electrons. The molecule has 1 aromatic heterocycles. The summed E-state index contributed by atoms with van der Waals surface area (Å²) in [4.78, 5) is 44.6. The van der Waals surface area contributed by atoms with Gasteiger partial charge in [-0.1, -0.05) is 23.8 Å². The second kappa shape index (κ2) is 10.6. The highest BCUT2D eigenvalue weighted by Gasteiger charge is 2.39. The van der Waals surface area contributed by atoms with Crippen LogP contribution < -0.4 is 5.32 Å². The third-order valence-corrected chi connectivity index (χ3v) is 6.90. The fraction of sp³-hybridized carbons (Fsp3) is 0.444. The van der Waals surface area contributed by atoms with Gasteiger partial charge < -0.3 is 19.4 Å². The van der Waals surface area contributed by atoms with E-state index >= 15 is 0 Å². The van der Waals surface area contributed by atoms with Gasteiger partial charge in [0.05, 0.1) is 24.5 Å². The minimum atomic E-state index is -0.609. The number of benzene rings is 1. The van der Waals surface area contributed by atoms with Crippen molar-refractivity contribution in [3.05, 3.63) is 70.3 Å². The molecule has 0 spiro atoms. The Morgan fingerprint density at radius 3 is 2.64 bits per heavy atom. The Morgan fingerprint density at radius 1 is 1.19 bits per heavy atom. The van der Waals surface area contributed by atoms with Crippen molar-refractivity contribution in [3.8, 4) is 0 Å². The van der Waals surface area contributed by atoms with E-state index in [9.17, 15) is 14.4 Å². The zero-order valence-electron chi connectivity index (χ0n) is 21.5. The minimum absolute atomic E-state index is 0.0690. The van der Waals surface area contributed by atoms with Crippen molar-refractivity contribution in [2.24, 2.45) is 0 Å². The van der Waals surface area contributed by atoms with Gasteiger partial charge >= 0.3 is 12.0 Å². The molecular weight excluding hydrogens is 460 g/mol. The number of piperazine rings is 1. The maximum atomic E-state index is 13.3. The Balaban J connectivity index is 1.64. The van der Waals surface area contributed by atoms with Crippen molar-refractivity contribution in [1.82, 2.24) is 20.0 Å². The van der Waals surface area contributed by atoms with Crippen LogP contribution in [0.15, 0.2) is 52.3 Å². The molecule has 1 saturated heterocycles. The van der Waals surface area contributed by atoms with Gasteiger partial charge in [0.1, 0.15) is 0 Å².